The van der Waals surface area contributed by atoms with Gasteiger partial charge in [-0.25, -0.2) is 0 Å². The first-order chi connectivity index (χ1) is 6.84. The summed E-state index contributed by atoms with van der Waals surface area (Å²) in [4.78, 5) is 7.31. The number of nitrogens with zero attached hydrogens (tertiary/aromatic N) is 1. The van der Waals surface area contributed by atoms with Gasteiger partial charge in [-0.15, -0.1) is 0 Å². The molecule has 2 rings (SSSR count). The Balaban J connectivity index is 2.18. The molecule has 0 saturated heterocycles. The second-order valence-electron chi connectivity index (χ2n) is 2.86. The van der Waals surface area contributed by atoms with Crippen LogP contribution in [-0.4, -0.2) is 11.2 Å². The molecule has 1 N–H and O–H groups in total. The number of H-pyrrole nitrogens is 1. The van der Waals surface area contributed by atoms with E-state index in [0.29, 0.717) is 5.02 Å². The van der Waals surface area contributed by atoms with Crippen LogP contribution in [0.1, 0.15) is 5.69 Å². The van der Waals surface area contributed by atoms with E-state index in [1.807, 2.05) is 42.6 Å². The molecule has 0 unspecified atom stereocenters. The number of halogens is 1. The molecule has 0 aliphatic heterocycles. The van der Waals surface area contributed by atoms with E-state index in [0.717, 1.165) is 11.4 Å². The van der Waals surface area contributed by atoms with Gasteiger partial charge in [0.1, 0.15) is 0 Å². The Bertz CT molecular complexity index is 432. The normalized spacial score (nSPS) is 10.9. The molecule has 3 heteroatoms. The first-order valence-corrected chi connectivity index (χ1v) is 4.65. The molecule has 0 spiro atoms. The standard InChI is InChI=1S/C11H9ClN2/c12-9-3-1-4-10(7-9)14-8-11-5-2-6-13-11/h1-8,13H. The van der Waals surface area contributed by atoms with Crippen molar-refractivity contribution in [1.29, 1.82) is 0 Å². The number of hydrogen-bond donors (Lipinski definition) is 1. The van der Waals surface area contributed by atoms with Crippen LogP contribution in [0.3, 0.4) is 0 Å². The van der Waals surface area contributed by atoms with Gasteiger partial charge in [0.15, 0.2) is 0 Å². The van der Waals surface area contributed by atoms with Crippen LogP contribution in [0, 0.1) is 0 Å². The van der Waals surface area contributed by atoms with Gasteiger partial charge in [0.05, 0.1) is 17.6 Å². The number of aromatic nitrogens is 1. The zero-order valence-electron chi connectivity index (χ0n) is 7.44. The first kappa shape index (κ1) is 9.03. The first-order valence-electron chi connectivity index (χ1n) is 4.27. The van der Waals surface area contributed by atoms with Crippen molar-refractivity contribution in [2.45, 2.75) is 0 Å². The molecule has 0 atom stereocenters. The summed E-state index contributed by atoms with van der Waals surface area (Å²) in [7, 11) is 0. The SMILES string of the molecule is Clc1cccc(N=Cc2ccc[nH]2)c1. The average molecular weight is 205 g/mol. The number of nitrogens with one attached hydrogen (secondary N) is 1. The van der Waals surface area contributed by atoms with Crippen LogP contribution < -0.4 is 0 Å². The zero-order valence-corrected chi connectivity index (χ0v) is 8.20. The van der Waals surface area contributed by atoms with Gasteiger partial charge in [-0.3, -0.25) is 4.99 Å². The Morgan fingerprint density at radius 2 is 2.14 bits per heavy atom. The maximum Gasteiger partial charge on any atom is 0.0645 e. The van der Waals surface area contributed by atoms with E-state index in [2.05, 4.69) is 9.98 Å². The Labute approximate surface area is 87.3 Å². The molecule has 0 radical (unpaired) electrons. The van der Waals surface area contributed by atoms with E-state index in [4.69, 9.17) is 11.6 Å². The average Bonchev–Trinajstić information content (AvgIpc) is 2.67. The molecule has 0 saturated carbocycles. The summed E-state index contributed by atoms with van der Waals surface area (Å²) in [6.07, 6.45) is 3.63. The fourth-order valence-electron chi connectivity index (χ4n) is 1.13. The second kappa shape index (κ2) is 4.11. The van der Waals surface area contributed by atoms with Crippen molar-refractivity contribution in [1.82, 2.24) is 4.98 Å². The Morgan fingerprint density at radius 3 is 2.86 bits per heavy atom. The van der Waals surface area contributed by atoms with Crippen molar-refractivity contribution in [2.24, 2.45) is 4.99 Å². The van der Waals surface area contributed by atoms with Crippen molar-refractivity contribution in [2.75, 3.05) is 0 Å². The summed E-state index contributed by atoms with van der Waals surface area (Å²) in [5.41, 5.74) is 1.83. The minimum absolute atomic E-state index is 0.700. The number of hydrogen-bond acceptors (Lipinski definition) is 1. The predicted octanol–water partition coefficient (Wildman–Crippen LogP) is 3.42. The molecule has 0 bridgehead atoms. The monoisotopic (exact) mass is 204 g/mol. The molecule has 0 amide bonds. The van der Waals surface area contributed by atoms with Gasteiger partial charge >= 0.3 is 0 Å². The molecule has 1 aromatic carbocycles. The lowest BCUT2D eigenvalue weighted by atomic mass is 10.3. The highest BCUT2D eigenvalue weighted by Gasteiger charge is 1.90. The minimum Gasteiger partial charge on any atom is -0.360 e. The Kier molecular flexibility index (Phi) is 2.65. The van der Waals surface area contributed by atoms with Crippen LogP contribution in [0.25, 0.3) is 0 Å². The van der Waals surface area contributed by atoms with Gasteiger partial charge in [0.25, 0.3) is 0 Å². The van der Waals surface area contributed by atoms with E-state index >= 15 is 0 Å². The van der Waals surface area contributed by atoms with Crippen LogP contribution in [0.2, 0.25) is 5.02 Å². The van der Waals surface area contributed by atoms with Gasteiger partial charge in [0, 0.05) is 11.2 Å². The van der Waals surface area contributed by atoms with E-state index in [1.165, 1.54) is 0 Å². The van der Waals surface area contributed by atoms with Crippen LogP contribution in [0.5, 0.6) is 0 Å². The predicted molar refractivity (Wildman–Crippen MR) is 59.5 cm³/mol. The minimum atomic E-state index is 0.700. The van der Waals surface area contributed by atoms with Crippen molar-refractivity contribution < 1.29 is 0 Å². The number of aliphatic imine (C=N–C) groups is 1. The van der Waals surface area contributed by atoms with Crippen molar-refractivity contribution >= 4 is 23.5 Å². The van der Waals surface area contributed by atoms with Gasteiger partial charge < -0.3 is 4.98 Å². The number of aromatic amines is 1. The van der Waals surface area contributed by atoms with Gasteiger partial charge in [-0.05, 0) is 30.3 Å². The summed E-state index contributed by atoms with van der Waals surface area (Å²) in [5, 5.41) is 0.700. The summed E-state index contributed by atoms with van der Waals surface area (Å²) in [6, 6.07) is 11.3. The largest absolute Gasteiger partial charge is 0.360 e. The Hall–Kier alpha value is -1.54. The molecule has 0 aliphatic carbocycles. The molecule has 0 fully saturated rings. The van der Waals surface area contributed by atoms with Gasteiger partial charge in [-0.1, -0.05) is 17.7 Å². The second-order valence-corrected chi connectivity index (χ2v) is 3.30. The van der Waals surface area contributed by atoms with Crippen LogP contribution in [0.15, 0.2) is 47.6 Å². The highest BCUT2D eigenvalue weighted by molar-refractivity contribution is 6.30. The van der Waals surface area contributed by atoms with E-state index in [-0.39, 0.29) is 0 Å². The molecule has 1 aromatic heterocycles. The molecule has 2 aromatic rings. The fraction of sp³-hybridized carbons (Fsp3) is 0. The topological polar surface area (TPSA) is 28.1 Å². The van der Waals surface area contributed by atoms with Gasteiger partial charge in [-0.2, -0.15) is 0 Å². The highest BCUT2D eigenvalue weighted by atomic mass is 35.5. The molecular weight excluding hydrogens is 196 g/mol. The maximum atomic E-state index is 5.82. The van der Waals surface area contributed by atoms with Crippen LogP contribution in [0.4, 0.5) is 5.69 Å². The number of rotatable bonds is 2. The van der Waals surface area contributed by atoms with Crippen molar-refractivity contribution in [3.8, 4) is 0 Å². The quantitative estimate of drug-likeness (QED) is 0.727. The molecule has 1 heterocycles. The zero-order chi connectivity index (χ0) is 9.80. The number of benzene rings is 1. The van der Waals surface area contributed by atoms with E-state index < -0.39 is 0 Å². The third-order valence-electron chi connectivity index (χ3n) is 1.78. The maximum absolute atomic E-state index is 5.82. The van der Waals surface area contributed by atoms with Crippen LogP contribution in [-0.2, 0) is 0 Å². The Morgan fingerprint density at radius 1 is 1.21 bits per heavy atom. The molecule has 0 aliphatic rings. The summed E-state index contributed by atoms with van der Waals surface area (Å²) in [5.74, 6) is 0. The lowest BCUT2D eigenvalue weighted by molar-refractivity contribution is 1.38. The third-order valence-corrected chi connectivity index (χ3v) is 2.02. The van der Waals surface area contributed by atoms with Crippen LogP contribution >= 0.6 is 11.6 Å². The summed E-state index contributed by atoms with van der Waals surface area (Å²) < 4.78 is 0. The molecule has 14 heavy (non-hydrogen) atoms. The molecular formula is C11H9ClN2. The smallest absolute Gasteiger partial charge is 0.0645 e. The molecule has 2 nitrogen and oxygen atoms in total. The van der Waals surface area contributed by atoms with E-state index in [9.17, 15) is 0 Å². The van der Waals surface area contributed by atoms with Gasteiger partial charge in [0.2, 0.25) is 0 Å². The summed E-state index contributed by atoms with van der Waals surface area (Å²) >= 11 is 5.82. The lowest BCUT2D eigenvalue weighted by Gasteiger charge is -1.92. The van der Waals surface area contributed by atoms with Crippen molar-refractivity contribution in [3.05, 3.63) is 53.3 Å². The highest BCUT2D eigenvalue weighted by Crippen LogP contribution is 2.17. The third kappa shape index (κ3) is 2.24. The summed E-state index contributed by atoms with van der Waals surface area (Å²) in [6.45, 7) is 0. The van der Waals surface area contributed by atoms with Crippen molar-refractivity contribution in [3.63, 3.8) is 0 Å². The van der Waals surface area contributed by atoms with E-state index in [1.54, 1.807) is 6.21 Å². The lowest BCUT2D eigenvalue weighted by Crippen LogP contribution is -1.77. The fourth-order valence-corrected chi connectivity index (χ4v) is 1.31. The molecule has 70 valence electrons.